The molecule has 1 saturated heterocycles. The van der Waals surface area contributed by atoms with Crippen molar-refractivity contribution in [2.24, 2.45) is 0 Å². The number of aromatic nitrogens is 3. The minimum atomic E-state index is -0.380. The van der Waals surface area contributed by atoms with E-state index in [0.29, 0.717) is 23.5 Å². The Balaban J connectivity index is 1.96. The molecule has 1 amide bonds. The van der Waals surface area contributed by atoms with Crippen molar-refractivity contribution in [1.29, 1.82) is 5.26 Å². The largest absolute Gasteiger partial charge is 0.378 e. The number of aromatic amines is 2. The van der Waals surface area contributed by atoms with Crippen molar-refractivity contribution < 1.29 is 4.79 Å². The third-order valence-electron chi connectivity index (χ3n) is 4.41. The predicted molar refractivity (Wildman–Crippen MR) is 92.3 cm³/mol. The standard InChI is InChI=1S/C17H20N6O2/c1-22(2)13-8-11(10-18)7-12(9-13)16(24)23-6-4-3-5-14(23)15-19-17(25)21-20-15/h7-9,14H,3-6H2,1-2H3,(H2,19,20,21,25)/t14-/m0/s1. The van der Waals surface area contributed by atoms with E-state index < -0.39 is 0 Å². The Morgan fingerprint density at radius 1 is 1.36 bits per heavy atom. The lowest BCUT2D eigenvalue weighted by Gasteiger charge is -2.34. The number of piperidine rings is 1. The summed E-state index contributed by atoms with van der Waals surface area (Å²) in [5.74, 6) is 0.316. The highest BCUT2D eigenvalue weighted by atomic mass is 16.2. The topological polar surface area (TPSA) is 109 Å². The van der Waals surface area contributed by atoms with Gasteiger partial charge in [0.15, 0.2) is 5.82 Å². The van der Waals surface area contributed by atoms with Gasteiger partial charge in [-0.15, -0.1) is 0 Å². The van der Waals surface area contributed by atoms with Crippen LogP contribution in [0.1, 0.15) is 47.1 Å². The minimum absolute atomic E-state index is 0.159. The van der Waals surface area contributed by atoms with Gasteiger partial charge >= 0.3 is 5.69 Å². The molecule has 1 atom stereocenters. The van der Waals surface area contributed by atoms with E-state index in [0.717, 1.165) is 24.9 Å². The lowest BCUT2D eigenvalue weighted by Crippen LogP contribution is -2.39. The molecule has 1 aromatic heterocycles. The van der Waals surface area contributed by atoms with Gasteiger partial charge in [-0.2, -0.15) is 10.4 Å². The summed E-state index contributed by atoms with van der Waals surface area (Å²) in [5.41, 5.74) is 1.32. The van der Waals surface area contributed by atoms with Gasteiger partial charge in [0.1, 0.15) is 0 Å². The van der Waals surface area contributed by atoms with Gasteiger partial charge in [0.05, 0.1) is 17.7 Å². The number of nitrogens with zero attached hydrogens (tertiary/aromatic N) is 4. The zero-order valence-corrected chi connectivity index (χ0v) is 14.2. The molecule has 1 aliphatic heterocycles. The number of likely N-dealkylation sites (tertiary alicyclic amines) is 1. The predicted octanol–water partition coefficient (Wildman–Crippen LogP) is 1.40. The van der Waals surface area contributed by atoms with Gasteiger partial charge in [-0.05, 0) is 37.5 Å². The molecule has 2 aromatic rings. The van der Waals surface area contributed by atoms with Crippen LogP contribution in [0.4, 0.5) is 5.69 Å². The van der Waals surface area contributed by atoms with E-state index in [4.69, 9.17) is 0 Å². The maximum Gasteiger partial charge on any atom is 0.340 e. The number of hydrogen-bond acceptors (Lipinski definition) is 5. The molecule has 1 aliphatic rings. The molecule has 8 nitrogen and oxygen atoms in total. The third kappa shape index (κ3) is 3.40. The number of rotatable bonds is 3. The van der Waals surface area contributed by atoms with Crippen LogP contribution in [0.2, 0.25) is 0 Å². The molecule has 0 saturated carbocycles. The Morgan fingerprint density at radius 3 is 2.80 bits per heavy atom. The van der Waals surface area contributed by atoms with Gasteiger partial charge in [-0.3, -0.25) is 9.78 Å². The Kier molecular flexibility index (Phi) is 4.57. The quantitative estimate of drug-likeness (QED) is 0.878. The van der Waals surface area contributed by atoms with E-state index in [-0.39, 0.29) is 17.6 Å². The van der Waals surface area contributed by atoms with Gasteiger partial charge < -0.3 is 9.80 Å². The number of carbonyl (C=O) groups is 1. The maximum absolute atomic E-state index is 13.1. The first-order valence-electron chi connectivity index (χ1n) is 8.17. The van der Waals surface area contributed by atoms with Gasteiger partial charge in [-0.25, -0.2) is 9.89 Å². The molecule has 2 heterocycles. The van der Waals surface area contributed by atoms with E-state index in [9.17, 15) is 14.9 Å². The zero-order valence-electron chi connectivity index (χ0n) is 14.2. The van der Waals surface area contributed by atoms with Crippen molar-refractivity contribution >= 4 is 11.6 Å². The lowest BCUT2D eigenvalue weighted by atomic mass is 9.99. The van der Waals surface area contributed by atoms with Gasteiger partial charge in [0.25, 0.3) is 5.91 Å². The molecule has 1 aromatic carbocycles. The first-order chi connectivity index (χ1) is 12.0. The van der Waals surface area contributed by atoms with Crippen LogP contribution >= 0.6 is 0 Å². The second-order valence-electron chi connectivity index (χ2n) is 6.35. The second-order valence-corrected chi connectivity index (χ2v) is 6.35. The summed E-state index contributed by atoms with van der Waals surface area (Å²) in [6.07, 6.45) is 2.60. The molecule has 0 unspecified atom stereocenters. The second kappa shape index (κ2) is 6.81. The number of nitrogens with one attached hydrogen (secondary N) is 2. The van der Waals surface area contributed by atoms with Crippen LogP contribution in [0.15, 0.2) is 23.0 Å². The van der Waals surface area contributed by atoms with Gasteiger partial charge in [0.2, 0.25) is 0 Å². The fourth-order valence-electron chi connectivity index (χ4n) is 3.12. The summed E-state index contributed by atoms with van der Waals surface area (Å²) in [5, 5.41) is 15.6. The van der Waals surface area contributed by atoms with Crippen LogP contribution in [0.5, 0.6) is 0 Å². The zero-order chi connectivity index (χ0) is 18.0. The molecular weight excluding hydrogens is 320 g/mol. The maximum atomic E-state index is 13.1. The molecule has 0 aliphatic carbocycles. The van der Waals surface area contributed by atoms with E-state index in [2.05, 4.69) is 21.3 Å². The Labute approximate surface area is 145 Å². The summed E-state index contributed by atoms with van der Waals surface area (Å²) >= 11 is 0. The summed E-state index contributed by atoms with van der Waals surface area (Å²) in [4.78, 5) is 30.7. The van der Waals surface area contributed by atoms with Crippen molar-refractivity contribution in [3.63, 3.8) is 0 Å². The SMILES string of the molecule is CN(C)c1cc(C#N)cc(C(=O)N2CCCC[C@H]2c2n[nH]c(=O)[nH]2)c1. The van der Waals surface area contributed by atoms with Crippen molar-refractivity contribution in [1.82, 2.24) is 20.1 Å². The Bertz CT molecular complexity index is 876. The van der Waals surface area contributed by atoms with Crippen molar-refractivity contribution in [2.45, 2.75) is 25.3 Å². The smallest absolute Gasteiger partial charge is 0.340 e. The number of benzene rings is 1. The van der Waals surface area contributed by atoms with Crippen LogP contribution in [0.25, 0.3) is 0 Å². The first kappa shape index (κ1) is 16.8. The van der Waals surface area contributed by atoms with Crippen LogP contribution in [-0.2, 0) is 0 Å². The Morgan fingerprint density at radius 2 is 2.16 bits per heavy atom. The first-order valence-corrected chi connectivity index (χ1v) is 8.17. The van der Waals surface area contributed by atoms with Crippen molar-refractivity contribution in [2.75, 3.05) is 25.5 Å². The van der Waals surface area contributed by atoms with Crippen LogP contribution in [0.3, 0.4) is 0 Å². The number of hydrogen-bond donors (Lipinski definition) is 2. The van der Waals surface area contributed by atoms with Gasteiger partial charge in [-0.1, -0.05) is 0 Å². The number of amides is 1. The fraction of sp³-hybridized carbons (Fsp3) is 0.412. The molecule has 130 valence electrons. The molecule has 25 heavy (non-hydrogen) atoms. The van der Waals surface area contributed by atoms with Crippen LogP contribution in [0, 0.1) is 11.3 Å². The highest BCUT2D eigenvalue weighted by Gasteiger charge is 2.31. The molecule has 2 N–H and O–H groups in total. The normalized spacial score (nSPS) is 17.2. The van der Waals surface area contributed by atoms with Crippen LogP contribution < -0.4 is 10.6 Å². The van der Waals surface area contributed by atoms with E-state index in [1.807, 2.05) is 19.0 Å². The molecule has 0 radical (unpaired) electrons. The summed E-state index contributed by atoms with van der Waals surface area (Å²) in [6, 6.07) is 6.97. The average Bonchev–Trinajstić information content (AvgIpc) is 3.06. The van der Waals surface area contributed by atoms with Crippen LogP contribution in [-0.4, -0.2) is 46.6 Å². The summed E-state index contributed by atoms with van der Waals surface area (Å²) < 4.78 is 0. The minimum Gasteiger partial charge on any atom is -0.378 e. The molecule has 0 bridgehead atoms. The fourth-order valence-corrected chi connectivity index (χ4v) is 3.12. The lowest BCUT2D eigenvalue weighted by molar-refractivity contribution is 0.0600. The third-order valence-corrected chi connectivity index (χ3v) is 4.41. The molecule has 8 heteroatoms. The average molecular weight is 340 g/mol. The number of nitriles is 1. The molecule has 1 fully saturated rings. The monoisotopic (exact) mass is 340 g/mol. The van der Waals surface area contributed by atoms with E-state index in [1.165, 1.54) is 0 Å². The summed E-state index contributed by atoms with van der Waals surface area (Å²) in [7, 11) is 3.73. The van der Waals surface area contributed by atoms with E-state index >= 15 is 0 Å². The highest BCUT2D eigenvalue weighted by Crippen LogP contribution is 2.30. The Hall–Kier alpha value is -3.08. The van der Waals surface area contributed by atoms with Gasteiger partial charge in [0, 0.05) is 31.9 Å². The molecular formula is C17H20N6O2. The highest BCUT2D eigenvalue weighted by molar-refractivity contribution is 5.96. The summed E-state index contributed by atoms with van der Waals surface area (Å²) in [6.45, 7) is 0.590. The number of carbonyl (C=O) groups excluding carboxylic acids is 1. The molecule has 3 rings (SSSR count). The van der Waals surface area contributed by atoms with E-state index in [1.54, 1.807) is 23.1 Å². The number of anilines is 1. The number of H-pyrrole nitrogens is 2. The van der Waals surface area contributed by atoms with Crippen molar-refractivity contribution in [3.8, 4) is 6.07 Å². The molecule has 0 spiro atoms. The van der Waals surface area contributed by atoms with Crippen molar-refractivity contribution in [3.05, 3.63) is 45.6 Å².